The first-order valence-electron chi connectivity index (χ1n) is 7.15. The zero-order valence-corrected chi connectivity index (χ0v) is 14.6. The molecule has 0 amide bonds. The van der Waals surface area contributed by atoms with E-state index in [1.165, 1.54) is 12.0 Å². The van der Waals surface area contributed by atoms with Gasteiger partial charge in [-0.1, -0.05) is 20.3 Å². The van der Waals surface area contributed by atoms with Crippen molar-refractivity contribution in [3.05, 3.63) is 23.2 Å². The Morgan fingerprint density at radius 1 is 1.25 bits per heavy atom. The monoisotopic (exact) mass is 322 g/mol. The normalized spacial score (nSPS) is 18.8. The van der Waals surface area contributed by atoms with Gasteiger partial charge in [-0.05, 0) is 31.4 Å². The summed E-state index contributed by atoms with van der Waals surface area (Å²) in [6, 6.07) is 2.67. The highest BCUT2D eigenvalue weighted by atomic mass is 35.5. The number of aryl methyl sites for hydroxylation is 2. The molecule has 3 nitrogen and oxygen atoms in total. The second kappa shape index (κ2) is 8.93. The van der Waals surface area contributed by atoms with Crippen molar-refractivity contribution in [2.24, 2.45) is 5.92 Å². The van der Waals surface area contributed by atoms with E-state index in [1.54, 1.807) is 0 Å². The fourth-order valence-electron chi connectivity index (χ4n) is 2.75. The quantitative estimate of drug-likeness (QED) is 0.915. The van der Waals surface area contributed by atoms with Gasteiger partial charge in [-0.15, -0.1) is 24.8 Å². The zero-order valence-electron chi connectivity index (χ0n) is 12.9. The zero-order chi connectivity index (χ0) is 13.1. The van der Waals surface area contributed by atoms with E-state index in [9.17, 15) is 0 Å². The molecule has 118 valence electrons. The number of hydrogen-bond acceptors (Lipinski definition) is 3. The number of nitrogens with one attached hydrogen (secondary N) is 1. The van der Waals surface area contributed by atoms with Crippen LogP contribution in [0.4, 0.5) is 0 Å². The molecule has 0 aliphatic carbocycles. The Kier molecular flexibility index (Phi) is 8.83. The smallest absolute Gasteiger partial charge is 0.121 e. The Morgan fingerprint density at radius 3 is 2.30 bits per heavy atom. The highest BCUT2D eigenvalue weighted by Gasteiger charge is 2.29. The van der Waals surface area contributed by atoms with Crippen molar-refractivity contribution in [2.45, 2.75) is 40.2 Å². The molecule has 0 bridgehead atoms. The molecule has 1 aromatic rings. The molecule has 1 aromatic heterocycles. The third-order valence-electron chi connectivity index (χ3n) is 4.20. The van der Waals surface area contributed by atoms with E-state index in [-0.39, 0.29) is 24.8 Å². The van der Waals surface area contributed by atoms with Crippen LogP contribution in [0.5, 0.6) is 0 Å². The Hall–Kier alpha value is -0.220. The molecule has 0 radical (unpaired) electrons. The minimum absolute atomic E-state index is 0. The van der Waals surface area contributed by atoms with Gasteiger partial charge in [0, 0.05) is 26.2 Å². The number of nitrogens with zero attached hydrogens (tertiary/aromatic N) is 1. The fraction of sp³-hybridized carbons (Fsp3) is 0.733. The van der Waals surface area contributed by atoms with E-state index in [0.29, 0.717) is 12.0 Å². The summed E-state index contributed by atoms with van der Waals surface area (Å²) in [5, 5.41) is 3.42. The van der Waals surface area contributed by atoms with Crippen LogP contribution in [0, 0.1) is 19.8 Å². The van der Waals surface area contributed by atoms with Gasteiger partial charge in [0.05, 0.1) is 6.04 Å². The van der Waals surface area contributed by atoms with Crippen molar-refractivity contribution in [1.29, 1.82) is 0 Å². The van der Waals surface area contributed by atoms with Crippen LogP contribution in [-0.2, 0) is 0 Å². The van der Waals surface area contributed by atoms with E-state index in [4.69, 9.17) is 4.42 Å². The standard InChI is InChI=1S/C15H26N2O.2ClH/c1-5-11(2)15(17-8-6-16-7-9-17)14-10-12(3)13(4)18-14;;/h10-11,15-16H,5-9H2,1-4H3;2*1H/t11?,15-;;/m1../s1. The Balaban J connectivity index is 0.00000180. The minimum atomic E-state index is 0. The van der Waals surface area contributed by atoms with Crippen molar-refractivity contribution in [2.75, 3.05) is 26.2 Å². The summed E-state index contributed by atoms with van der Waals surface area (Å²) < 4.78 is 5.99. The number of furan rings is 1. The molecule has 0 spiro atoms. The largest absolute Gasteiger partial charge is 0.464 e. The van der Waals surface area contributed by atoms with E-state index in [1.807, 2.05) is 0 Å². The number of halogens is 2. The first-order chi connectivity index (χ1) is 8.63. The van der Waals surface area contributed by atoms with Gasteiger partial charge < -0.3 is 9.73 Å². The molecule has 1 aliphatic heterocycles. The van der Waals surface area contributed by atoms with Crippen molar-refractivity contribution in [3.63, 3.8) is 0 Å². The van der Waals surface area contributed by atoms with Crippen LogP contribution in [0.3, 0.4) is 0 Å². The average molecular weight is 323 g/mol. The van der Waals surface area contributed by atoms with E-state index >= 15 is 0 Å². The second-order valence-electron chi connectivity index (χ2n) is 5.50. The summed E-state index contributed by atoms with van der Waals surface area (Å²) in [4.78, 5) is 2.57. The van der Waals surface area contributed by atoms with Crippen molar-refractivity contribution in [1.82, 2.24) is 10.2 Å². The first kappa shape index (κ1) is 19.8. The van der Waals surface area contributed by atoms with Gasteiger partial charge in [-0.25, -0.2) is 0 Å². The van der Waals surface area contributed by atoms with Crippen LogP contribution in [0.1, 0.15) is 43.4 Å². The van der Waals surface area contributed by atoms with Gasteiger partial charge in [0.25, 0.3) is 0 Å². The van der Waals surface area contributed by atoms with E-state index < -0.39 is 0 Å². The molecular formula is C15H28Cl2N2O. The predicted octanol–water partition coefficient (Wildman–Crippen LogP) is 3.73. The van der Waals surface area contributed by atoms with Crippen molar-refractivity contribution >= 4 is 24.8 Å². The molecule has 1 saturated heterocycles. The second-order valence-corrected chi connectivity index (χ2v) is 5.50. The molecule has 0 aromatic carbocycles. The lowest BCUT2D eigenvalue weighted by molar-refractivity contribution is 0.110. The lowest BCUT2D eigenvalue weighted by Crippen LogP contribution is -2.46. The Bertz CT molecular complexity index is 370. The van der Waals surface area contributed by atoms with Crippen molar-refractivity contribution < 1.29 is 4.42 Å². The van der Waals surface area contributed by atoms with Gasteiger partial charge in [0.15, 0.2) is 0 Å². The maximum absolute atomic E-state index is 5.99. The van der Waals surface area contributed by atoms with Crippen LogP contribution in [0.15, 0.2) is 10.5 Å². The number of piperazine rings is 1. The first-order valence-corrected chi connectivity index (χ1v) is 7.15. The molecule has 2 rings (SSSR count). The Morgan fingerprint density at radius 2 is 1.85 bits per heavy atom. The molecule has 20 heavy (non-hydrogen) atoms. The number of rotatable bonds is 4. The fourth-order valence-corrected chi connectivity index (χ4v) is 2.75. The van der Waals surface area contributed by atoms with Gasteiger partial charge >= 0.3 is 0 Å². The molecule has 1 aliphatic rings. The van der Waals surface area contributed by atoms with Crippen molar-refractivity contribution in [3.8, 4) is 0 Å². The molecular weight excluding hydrogens is 295 g/mol. The maximum Gasteiger partial charge on any atom is 0.121 e. The van der Waals surface area contributed by atoms with Gasteiger partial charge in [-0.2, -0.15) is 0 Å². The van der Waals surface area contributed by atoms with Crippen LogP contribution >= 0.6 is 24.8 Å². The molecule has 1 fully saturated rings. The molecule has 5 heteroatoms. The van der Waals surface area contributed by atoms with E-state index in [2.05, 4.69) is 44.0 Å². The lowest BCUT2D eigenvalue weighted by Gasteiger charge is -2.36. The summed E-state index contributed by atoms with van der Waals surface area (Å²) in [5.41, 5.74) is 1.27. The SMILES string of the molecule is CCC(C)[C@H](c1cc(C)c(C)o1)N1CCNCC1.Cl.Cl. The summed E-state index contributed by atoms with van der Waals surface area (Å²) >= 11 is 0. The van der Waals surface area contributed by atoms with Crippen LogP contribution < -0.4 is 5.32 Å². The van der Waals surface area contributed by atoms with Crippen LogP contribution in [0.25, 0.3) is 0 Å². The van der Waals surface area contributed by atoms with Gasteiger partial charge in [-0.3, -0.25) is 4.90 Å². The highest BCUT2D eigenvalue weighted by Crippen LogP contribution is 2.33. The molecule has 2 heterocycles. The van der Waals surface area contributed by atoms with Gasteiger partial charge in [0.2, 0.25) is 0 Å². The topological polar surface area (TPSA) is 28.4 Å². The maximum atomic E-state index is 5.99. The summed E-state index contributed by atoms with van der Waals surface area (Å²) in [7, 11) is 0. The third-order valence-corrected chi connectivity index (χ3v) is 4.20. The highest BCUT2D eigenvalue weighted by molar-refractivity contribution is 5.85. The summed E-state index contributed by atoms with van der Waals surface area (Å²) in [6.07, 6.45) is 1.19. The summed E-state index contributed by atoms with van der Waals surface area (Å²) in [6.45, 7) is 13.2. The molecule has 1 unspecified atom stereocenters. The number of hydrogen-bond donors (Lipinski definition) is 1. The van der Waals surface area contributed by atoms with E-state index in [0.717, 1.165) is 37.7 Å². The van der Waals surface area contributed by atoms with Crippen LogP contribution in [-0.4, -0.2) is 31.1 Å². The average Bonchev–Trinajstić information content (AvgIpc) is 2.70. The molecule has 0 saturated carbocycles. The Labute approximate surface area is 135 Å². The van der Waals surface area contributed by atoms with Gasteiger partial charge in [0.1, 0.15) is 11.5 Å². The lowest BCUT2D eigenvalue weighted by atomic mass is 9.94. The minimum Gasteiger partial charge on any atom is -0.464 e. The molecule has 1 N–H and O–H groups in total. The molecule has 2 atom stereocenters. The van der Waals surface area contributed by atoms with Crippen LogP contribution in [0.2, 0.25) is 0 Å². The summed E-state index contributed by atoms with van der Waals surface area (Å²) in [5.74, 6) is 2.85. The predicted molar refractivity (Wildman–Crippen MR) is 89.3 cm³/mol. The third kappa shape index (κ3) is 4.39.